The van der Waals surface area contributed by atoms with Crippen LogP contribution in [-0.4, -0.2) is 10.8 Å². The molecule has 0 bridgehead atoms. The molecule has 8 heteroatoms. The summed E-state index contributed by atoms with van der Waals surface area (Å²) in [6.45, 7) is 0. The number of pyridine rings is 1. The SMILES string of the molecule is Cl.N=C(N)Cc1ncc(C(F)(F)F)cc1Cl. The van der Waals surface area contributed by atoms with Gasteiger partial charge in [0.2, 0.25) is 0 Å². The topological polar surface area (TPSA) is 62.8 Å². The van der Waals surface area contributed by atoms with E-state index in [4.69, 9.17) is 22.7 Å². The van der Waals surface area contributed by atoms with Crippen LogP contribution in [0, 0.1) is 5.41 Å². The molecule has 1 aromatic rings. The van der Waals surface area contributed by atoms with E-state index in [1.807, 2.05) is 0 Å². The monoisotopic (exact) mass is 273 g/mol. The Kier molecular flexibility index (Phi) is 5.02. The first-order valence-corrected chi connectivity index (χ1v) is 4.23. The number of rotatable bonds is 2. The summed E-state index contributed by atoms with van der Waals surface area (Å²) in [7, 11) is 0. The molecule has 0 aromatic carbocycles. The molecule has 3 nitrogen and oxygen atoms in total. The van der Waals surface area contributed by atoms with Crippen molar-refractivity contribution in [3.63, 3.8) is 0 Å². The van der Waals surface area contributed by atoms with Crippen LogP contribution >= 0.6 is 24.0 Å². The summed E-state index contributed by atoms with van der Waals surface area (Å²) in [5.41, 5.74) is 4.33. The van der Waals surface area contributed by atoms with Crippen molar-refractivity contribution in [2.24, 2.45) is 5.73 Å². The Labute approximate surface area is 101 Å². The highest BCUT2D eigenvalue weighted by molar-refractivity contribution is 6.31. The number of amidine groups is 1. The van der Waals surface area contributed by atoms with Crippen molar-refractivity contribution in [2.75, 3.05) is 0 Å². The molecule has 0 aliphatic heterocycles. The predicted molar refractivity (Wildman–Crippen MR) is 57.1 cm³/mol. The van der Waals surface area contributed by atoms with Gasteiger partial charge in [-0.25, -0.2) is 0 Å². The van der Waals surface area contributed by atoms with Gasteiger partial charge in [0.1, 0.15) is 0 Å². The smallest absolute Gasteiger partial charge is 0.387 e. The summed E-state index contributed by atoms with van der Waals surface area (Å²) in [4.78, 5) is 3.51. The Morgan fingerprint density at radius 2 is 2.06 bits per heavy atom. The molecule has 90 valence electrons. The molecule has 1 rings (SSSR count). The molecule has 0 atom stereocenters. The maximum atomic E-state index is 12.2. The normalized spacial score (nSPS) is 10.8. The molecule has 3 N–H and O–H groups in total. The van der Waals surface area contributed by atoms with Gasteiger partial charge < -0.3 is 5.73 Å². The van der Waals surface area contributed by atoms with Crippen molar-refractivity contribution < 1.29 is 13.2 Å². The number of nitrogens with two attached hydrogens (primary N) is 1. The van der Waals surface area contributed by atoms with Crippen molar-refractivity contribution >= 4 is 29.8 Å². The van der Waals surface area contributed by atoms with E-state index in [2.05, 4.69) is 4.98 Å². The van der Waals surface area contributed by atoms with Crippen LogP contribution in [0.25, 0.3) is 0 Å². The third-order valence-electron chi connectivity index (χ3n) is 1.60. The molecule has 16 heavy (non-hydrogen) atoms. The third kappa shape index (κ3) is 3.86. The number of alkyl halides is 3. The van der Waals surface area contributed by atoms with Crippen LogP contribution < -0.4 is 5.73 Å². The van der Waals surface area contributed by atoms with Gasteiger partial charge in [0, 0.05) is 12.6 Å². The second kappa shape index (κ2) is 5.36. The van der Waals surface area contributed by atoms with Crippen LogP contribution in [0.5, 0.6) is 0 Å². The lowest BCUT2D eigenvalue weighted by Crippen LogP contribution is -2.15. The van der Waals surface area contributed by atoms with E-state index in [-0.39, 0.29) is 35.4 Å². The van der Waals surface area contributed by atoms with Crippen LogP contribution in [-0.2, 0) is 12.6 Å². The van der Waals surface area contributed by atoms with Crippen LogP contribution in [0.4, 0.5) is 13.2 Å². The van der Waals surface area contributed by atoms with Crippen molar-refractivity contribution in [3.05, 3.63) is 28.5 Å². The molecule has 0 saturated carbocycles. The van der Waals surface area contributed by atoms with Gasteiger partial charge in [-0.15, -0.1) is 12.4 Å². The van der Waals surface area contributed by atoms with Gasteiger partial charge in [0.15, 0.2) is 0 Å². The first kappa shape index (κ1) is 15.0. The summed E-state index contributed by atoms with van der Waals surface area (Å²) in [5, 5.41) is 6.82. The molecule has 0 fully saturated rings. The lowest BCUT2D eigenvalue weighted by atomic mass is 10.2. The van der Waals surface area contributed by atoms with E-state index >= 15 is 0 Å². The average molecular weight is 274 g/mol. The zero-order valence-electron chi connectivity index (χ0n) is 7.81. The molecular formula is C8H8Cl2F3N3. The van der Waals surface area contributed by atoms with Gasteiger partial charge in [-0.05, 0) is 6.07 Å². The summed E-state index contributed by atoms with van der Waals surface area (Å²) >= 11 is 5.56. The van der Waals surface area contributed by atoms with E-state index < -0.39 is 11.7 Å². The standard InChI is InChI=1S/C8H7ClF3N3.ClH/c9-5-1-4(8(10,11)12)3-15-6(5)2-7(13)14;/h1,3H,2H2,(H3,13,14);1H. The molecule has 0 radical (unpaired) electrons. The van der Waals surface area contributed by atoms with E-state index in [9.17, 15) is 13.2 Å². The maximum absolute atomic E-state index is 12.2. The second-order valence-corrected chi connectivity index (χ2v) is 3.26. The van der Waals surface area contributed by atoms with Crippen molar-refractivity contribution in [1.29, 1.82) is 5.41 Å². The lowest BCUT2D eigenvalue weighted by Gasteiger charge is -2.08. The highest BCUT2D eigenvalue weighted by atomic mass is 35.5. The molecular weight excluding hydrogens is 266 g/mol. The minimum Gasteiger partial charge on any atom is -0.387 e. The Hall–Kier alpha value is -1.01. The molecule has 0 aliphatic carbocycles. The highest BCUT2D eigenvalue weighted by Gasteiger charge is 2.31. The zero-order chi connectivity index (χ0) is 11.6. The van der Waals surface area contributed by atoms with Crippen molar-refractivity contribution in [2.45, 2.75) is 12.6 Å². The maximum Gasteiger partial charge on any atom is 0.417 e. The lowest BCUT2D eigenvalue weighted by molar-refractivity contribution is -0.137. The number of halogens is 5. The molecule has 0 spiro atoms. The Bertz CT molecular complexity index is 393. The molecule has 1 aromatic heterocycles. The van der Waals surface area contributed by atoms with E-state index in [0.29, 0.717) is 6.20 Å². The summed E-state index contributed by atoms with van der Waals surface area (Å²) < 4.78 is 36.6. The number of aromatic nitrogens is 1. The van der Waals surface area contributed by atoms with Gasteiger partial charge in [-0.2, -0.15) is 13.2 Å². The molecule has 1 heterocycles. The fourth-order valence-corrected chi connectivity index (χ4v) is 1.16. The minimum absolute atomic E-state index is 0. The fourth-order valence-electron chi connectivity index (χ4n) is 0.932. The summed E-state index contributed by atoms with van der Waals surface area (Å²) in [6.07, 6.45) is -3.85. The first-order chi connectivity index (χ1) is 6.80. The first-order valence-electron chi connectivity index (χ1n) is 3.85. The Balaban J connectivity index is 0.00000225. The highest BCUT2D eigenvalue weighted by Crippen LogP contribution is 2.30. The van der Waals surface area contributed by atoms with E-state index in [0.717, 1.165) is 6.07 Å². The van der Waals surface area contributed by atoms with Crippen LogP contribution in [0.15, 0.2) is 12.3 Å². The molecule has 0 unspecified atom stereocenters. The second-order valence-electron chi connectivity index (χ2n) is 2.85. The van der Waals surface area contributed by atoms with Gasteiger partial charge in [-0.3, -0.25) is 10.4 Å². The third-order valence-corrected chi connectivity index (χ3v) is 1.93. The quantitative estimate of drug-likeness (QED) is 0.643. The zero-order valence-corrected chi connectivity index (χ0v) is 9.38. The number of nitrogens with zero attached hydrogens (tertiary/aromatic N) is 1. The van der Waals surface area contributed by atoms with Crippen molar-refractivity contribution in [1.82, 2.24) is 4.98 Å². The Morgan fingerprint density at radius 3 is 2.44 bits per heavy atom. The number of hydrogen-bond acceptors (Lipinski definition) is 2. The summed E-state index contributed by atoms with van der Waals surface area (Å²) in [6, 6.07) is 0.771. The van der Waals surface area contributed by atoms with Gasteiger partial charge in [0.05, 0.1) is 22.1 Å². The Morgan fingerprint density at radius 1 is 1.50 bits per heavy atom. The van der Waals surface area contributed by atoms with E-state index in [1.165, 1.54) is 0 Å². The molecule has 0 aliphatic rings. The summed E-state index contributed by atoms with van der Waals surface area (Å²) in [5.74, 6) is -0.204. The number of hydrogen-bond donors (Lipinski definition) is 2. The minimum atomic E-state index is -4.47. The average Bonchev–Trinajstić information content (AvgIpc) is 2.05. The fraction of sp³-hybridized carbons (Fsp3) is 0.250. The van der Waals surface area contributed by atoms with E-state index in [1.54, 1.807) is 0 Å². The number of nitrogens with one attached hydrogen (secondary N) is 1. The van der Waals surface area contributed by atoms with Gasteiger partial charge in [-0.1, -0.05) is 11.6 Å². The molecule has 0 saturated heterocycles. The van der Waals surface area contributed by atoms with Gasteiger partial charge in [0.25, 0.3) is 0 Å². The predicted octanol–water partition coefficient (Wildman–Crippen LogP) is 2.65. The van der Waals surface area contributed by atoms with Crippen LogP contribution in [0.3, 0.4) is 0 Å². The van der Waals surface area contributed by atoms with Gasteiger partial charge >= 0.3 is 6.18 Å². The van der Waals surface area contributed by atoms with Crippen molar-refractivity contribution in [3.8, 4) is 0 Å². The molecule has 0 amide bonds. The largest absolute Gasteiger partial charge is 0.417 e. The van der Waals surface area contributed by atoms with Crippen LogP contribution in [0.2, 0.25) is 5.02 Å². The van der Waals surface area contributed by atoms with Crippen LogP contribution in [0.1, 0.15) is 11.3 Å².